The number of hydrogen-bond acceptors (Lipinski definition) is 3. The van der Waals surface area contributed by atoms with Crippen LogP contribution in [-0.2, 0) is 9.59 Å². The molecule has 2 fully saturated rings. The highest BCUT2D eigenvalue weighted by Crippen LogP contribution is 2.29. The Morgan fingerprint density at radius 2 is 1.71 bits per heavy atom. The van der Waals surface area contributed by atoms with E-state index in [2.05, 4.69) is 5.32 Å². The quantitative estimate of drug-likeness (QED) is 0.794. The Morgan fingerprint density at radius 3 is 2.33 bits per heavy atom. The van der Waals surface area contributed by atoms with Gasteiger partial charge in [-0.3, -0.25) is 9.59 Å². The minimum absolute atomic E-state index is 0.0148. The normalized spacial score (nSPS) is 25.8. The molecule has 2 saturated heterocycles. The SMILES string of the molecule is CC1(C(=O)O)CCCN(C(=O)NCC(=O)N2CCCC2)C1. The van der Waals surface area contributed by atoms with Gasteiger partial charge in [-0.2, -0.15) is 0 Å². The first-order valence-electron chi connectivity index (χ1n) is 7.46. The van der Waals surface area contributed by atoms with E-state index in [0.29, 0.717) is 19.4 Å². The number of nitrogens with zero attached hydrogens (tertiary/aromatic N) is 2. The summed E-state index contributed by atoms with van der Waals surface area (Å²) in [7, 11) is 0. The molecule has 0 aromatic heterocycles. The van der Waals surface area contributed by atoms with Gasteiger partial charge in [-0.25, -0.2) is 4.79 Å². The minimum atomic E-state index is -0.894. The first kappa shape index (κ1) is 15.6. The van der Waals surface area contributed by atoms with E-state index in [9.17, 15) is 19.5 Å². The van der Waals surface area contributed by atoms with E-state index >= 15 is 0 Å². The minimum Gasteiger partial charge on any atom is -0.481 e. The zero-order valence-corrected chi connectivity index (χ0v) is 12.4. The number of carboxylic acids is 1. The van der Waals surface area contributed by atoms with Gasteiger partial charge in [-0.1, -0.05) is 0 Å². The van der Waals surface area contributed by atoms with Gasteiger partial charge >= 0.3 is 12.0 Å². The monoisotopic (exact) mass is 297 g/mol. The molecule has 0 saturated carbocycles. The molecule has 1 unspecified atom stereocenters. The topological polar surface area (TPSA) is 90.0 Å². The van der Waals surface area contributed by atoms with Crippen molar-refractivity contribution in [1.29, 1.82) is 0 Å². The van der Waals surface area contributed by atoms with Crippen molar-refractivity contribution in [2.75, 3.05) is 32.7 Å². The van der Waals surface area contributed by atoms with Crippen molar-refractivity contribution >= 4 is 17.9 Å². The van der Waals surface area contributed by atoms with E-state index in [-0.39, 0.29) is 25.0 Å². The third-order valence-corrected chi connectivity index (χ3v) is 4.35. The maximum absolute atomic E-state index is 12.1. The highest BCUT2D eigenvalue weighted by molar-refractivity contribution is 5.84. The molecule has 2 aliphatic rings. The van der Waals surface area contributed by atoms with Gasteiger partial charge in [0.25, 0.3) is 0 Å². The van der Waals surface area contributed by atoms with Gasteiger partial charge in [0.2, 0.25) is 5.91 Å². The standard InChI is InChI=1S/C14H23N3O4/c1-14(12(19)20)5-4-8-17(10-14)13(21)15-9-11(18)16-6-2-3-7-16/h2-10H2,1H3,(H,15,21)(H,19,20). The first-order chi connectivity index (χ1) is 9.92. The van der Waals surface area contributed by atoms with Gasteiger partial charge in [0, 0.05) is 26.2 Å². The Morgan fingerprint density at radius 1 is 1.10 bits per heavy atom. The van der Waals surface area contributed by atoms with Crippen LogP contribution in [0.15, 0.2) is 0 Å². The van der Waals surface area contributed by atoms with Crippen LogP contribution >= 0.6 is 0 Å². The van der Waals surface area contributed by atoms with Crippen LogP contribution in [0, 0.1) is 5.41 Å². The second kappa shape index (κ2) is 6.32. The molecule has 3 amide bonds. The van der Waals surface area contributed by atoms with Crippen molar-refractivity contribution in [3.8, 4) is 0 Å². The summed E-state index contributed by atoms with van der Waals surface area (Å²) in [5, 5.41) is 11.8. The van der Waals surface area contributed by atoms with Gasteiger partial charge in [-0.15, -0.1) is 0 Å². The van der Waals surface area contributed by atoms with Gasteiger partial charge in [-0.05, 0) is 32.6 Å². The summed E-state index contributed by atoms with van der Waals surface area (Å²) in [6.07, 6.45) is 3.26. The summed E-state index contributed by atoms with van der Waals surface area (Å²) in [6, 6.07) is -0.352. The van der Waals surface area contributed by atoms with Crippen LogP contribution in [0.25, 0.3) is 0 Å². The molecule has 2 N–H and O–H groups in total. The Balaban J connectivity index is 1.82. The summed E-state index contributed by atoms with van der Waals surface area (Å²) in [4.78, 5) is 38.5. The average molecular weight is 297 g/mol. The van der Waals surface area contributed by atoms with E-state index in [1.165, 1.54) is 4.90 Å². The lowest BCUT2D eigenvalue weighted by Crippen LogP contribution is -2.52. The molecule has 2 heterocycles. The van der Waals surface area contributed by atoms with Gasteiger partial charge < -0.3 is 20.2 Å². The molecule has 0 bridgehead atoms. The molecule has 0 aromatic carbocycles. The molecule has 0 aromatic rings. The highest BCUT2D eigenvalue weighted by Gasteiger charge is 2.39. The molecule has 21 heavy (non-hydrogen) atoms. The fraction of sp³-hybridized carbons (Fsp3) is 0.786. The number of carboxylic acid groups (broad SMARTS) is 1. The molecule has 1 atom stereocenters. The molecule has 0 radical (unpaired) electrons. The highest BCUT2D eigenvalue weighted by atomic mass is 16.4. The molecular formula is C14H23N3O4. The number of urea groups is 1. The largest absolute Gasteiger partial charge is 0.481 e. The number of nitrogens with one attached hydrogen (secondary N) is 1. The van der Waals surface area contributed by atoms with Crippen LogP contribution in [-0.4, -0.2) is 65.5 Å². The Hall–Kier alpha value is -1.79. The van der Waals surface area contributed by atoms with E-state index < -0.39 is 11.4 Å². The predicted molar refractivity (Wildman–Crippen MR) is 75.8 cm³/mol. The molecule has 0 spiro atoms. The van der Waals surface area contributed by atoms with Crippen LogP contribution in [0.3, 0.4) is 0 Å². The summed E-state index contributed by atoms with van der Waals surface area (Å²) in [5.41, 5.74) is -0.894. The second-order valence-corrected chi connectivity index (χ2v) is 6.14. The number of carbonyl (C=O) groups excluding carboxylic acids is 2. The Kier molecular flexibility index (Phi) is 4.69. The second-order valence-electron chi connectivity index (χ2n) is 6.14. The molecule has 7 heteroatoms. The molecule has 7 nitrogen and oxygen atoms in total. The first-order valence-corrected chi connectivity index (χ1v) is 7.46. The zero-order valence-electron chi connectivity index (χ0n) is 12.4. The van der Waals surface area contributed by atoms with Crippen LogP contribution in [0.4, 0.5) is 4.79 Å². The summed E-state index contributed by atoms with van der Waals surface area (Å²) >= 11 is 0. The Bertz CT molecular complexity index is 434. The van der Waals surface area contributed by atoms with E-state index in [4.69, 9.17) is 0 Å². The molecule has 2 rings (SSSR count). The zero-order chi connectivity index (χ0) is 15.5. The fourth-order valence-corrected chi connectivity index (χ4v) is 2.93. The van der Waals surface area contributed by atoms with E-state index in [1.54, 1.807) is 11.8 Å². The molecule has 118 valence electrons. The number of likely N-dealkylation sites (tertiary alicyclic amines) is 2. The van der Waals surface area contributed by atoms with Gasteiger partial charge in [0.15, 0.2) is 0 Å². The number of piperidine rings is 1. The predicted octanol–water partition coefficient (Wildman–Crippen LogP) is 0.505. The van der Waals surface area contributed by atoms with Crippen LogP contribution in [0.1, 0.15) is 32.6 Å². The lowest BCUT2D eigenvalue weighted by molar-refractivity contribution is -0.150. The number of amides is 3. The third-order valence-electron chi connectivity index (χ3n) is 4.35. The number of rotatable bonds is 3. The van der Waals surface area contributed by atoms with Crippen molar-refractivity contribution in [3.63, 3.8) is 0 Å². The van der Waals surface area contributed by atoms with Crippen molar-refractivity contribution in [2.24, 2.45) is 5.41 Å². The average Bonchev–Trinajstić information content (AvgIpc) is 2.98. The van der Waals surface area contributed by atoms with Gasteiger partial charge in [0.1, 0.15) is 0 Å². The maximum atomic E-state index is 12.1. The smallest absolute Gasteiger partial charge is 0.317 e. The molecule has 0 aliphatic carbocycles. The van der Waals surface area contributed by atoms with Crippen molar-refractivity contribution in [2.45, 2.75) is 32.6 Å². The van der Waals surface area contributed by atoms with Gasteiger partial charge in [0.05, 0.1) is 12.0 Å². The van der Waals surface area contributed by atoms with E-state index in [1.807, 2.05) is 0 Å². The summed E-state index contributed by atoms with van der Waals surface area (Å²) < 4.78 is 0. The van der Waals surface area contributed by atoms with Crippen molar-refractivity contribution in [3.05, 3.63) is 0 Å². The molecular weight excluding hydrogens is 274 g/mol. The number of hydrogen-bond donors (Lipinski definition) is 2. The van der Waals surface area contributed by atoms with Crippen molar-refractivity contribution in [1.82, 2.24) is 15.1 Å². The lowest BCUT2D eigenvalue weighted by atomic mass is 9.82. The maximum Gasteiger partial charge on any atom is 0.317 e. The lowest BCUT2D eigenvalue weighted by Gasteiger charge is -2.37. The van der Waals surface area contributed by atoms with Crippen LogP contribution in [0.2, 0.25) is 0 Å². The summed E-state index contributed by atoms with van der Waals surface area (Å²) in [6.45, 7) is 3.88. The number of carbonyl (C=O) groups is 3. The third kappa shape index (κ3) is 3.65. The van der Waals surface area contributed by atoms with E-state index in [0.717, 1.165) is 25.9 Å². The number of aliphatic carboxylic acids is 1. The van der Waals surface area contributed by atoms with Crippen LogP contribution in [0.5, 0.6) is 0 Å². The summed E-state index contributed by atoms with van der Waals surface area (Å²) in [5.74, 6) is -0.952. The Labute approximate surface area is 124 Å². The molecule has 2 aliphatic heterocycles. The fourth-order valence-electron chi connectivity index (χ4n) is 2.93. The van der Waals surface area contributed by atoms with Crippen LogP contribution < -0.4 is 5.32 Å². The van der Waals surface area contributed by atoms with Crippen molar-refractivity contribution < 1.29 is 19.5 Å².